The van der Waals surface area contributed by atoms with Crippen LogP contribution < -0.4 is 0 Å². The van der Waals surface area contributed by atoms with Gasteiger partial charge in [0, 0.05) is 6.92 Å². The molecule has 0 heterocycles. The Kier molecular flexibility index (Phi) is 9.53. The van der Waals surface area contributed by atoms with E-state index in [4.69, 9.17) is 0 Å². The number of carbonyl (C=O) groups excluding carboxylic acids is 1. The van der Waals surface area contributed by atoms with E-state index in [0.717, 1.165) is 6.42 Å². The van der Waals surface area contributed by atoms with Gasteiger partial charge in [-0.3, -0.25) is 4.79 Å². The molecule has 0 aliphatic carbocycles. The van der Waals surface area contributed by atoms with Crippen molar-refractivity contribution in [1.82, 2.24) is 0 Å². The van der Waals surface area contributed by atoms with E-state index in [-0.39, 0.29) is 23.3 Å². The molecule has 0 aromatic carbocycles. The van der Waals surface area contributed by atoms with E-state index in [0.29, 0.717) is 6.61 Å². The lowest BCUT2D eigenvalue weighted by atomic mass is 10.5. The Hall–Kier alpha value is 0.00247. The van der Waals surface area contributed by atoms with Gasteiger partial charge in [-0.05, 0) is 6.42 Å². The maximum Gasteiger partial charge on any atom is 0.302 e. The molecule has 0 atom stereocenters. The molecule has 0 aliphatic heterocycles. The van der Waals surface area contributed by atoms with Gasteiger partial charge in [0.1, 0.15) is 0 Å². The molecule has 0 aromatic heterocycles. The van der Waals surface area contributed by atoms with Crippen LogP contribution in [0.3, 0.4) is 0 Å². The summed E-state index contributed by atoms with van der Waals surface area (Å²) in [7, 11) is 0. The molecule has 0 aliphatic rings. The first-order valence-electron chi connectivity index (χ1n) is 2.40. The average molecular weight is 132 g/mol. The molecule has 0 saturated heterocycles. The third kappa shape index (κ3) is 9.38. The lowest BCUT2D eigenvalue weighted by molar-refractivity contribution is -0.140. The van der Waals surface area contributed by atoms with Gasteiger partial charge in [0.2, 0.25) is 0 Å². The molecular formula is C5H13AlO2. The Morgan fingerprint density at radius 1 is 1.62 bits per heavy atom. The van der Waals surface area contributed by atoms with Crippen LogP contribution in [-0.4, -0.2) is 29.9 Å². The number of esters is 1. The topological polar surface area (TPSA) is 26.3 Å². The predicted molar refractivity (Wildman–Crippen MR) is 36.9 cm³/mol. The maximum atomic E-state index is 9.98. The Bertz CT molecular complexity index is 63.4. The number of carbonyl (C=O) groups is 1. The zero-order valence-corrected chi connectivity index (χ0v) is 4.73. The first-order valence-corrected chi connectivity index (χ1v) is 2.40. The van der Waals surface area contributed by atoms with Gasteiger partial charge in [-0.1, -0.05) is 6.92 Å². The molecule has 2 nitrogen and oxygen atoms in total. The summed E-state index contributed by atoms with van der Waals surface area (Å²) in [6, 6.07) is 0. The normalized spacial score (nSPS) is 7.25. The van der Waals surface area contributed by atoms with Crippen molar-refractivity contribution in [1.29, 1.82) is 0 Å². The lowest BCUT2D eigenvalue weighted by Gasteiger charge is -1.93. The van der Waals surface area contributed by atoms with Gasteiger partial charge in [0.15, 0.2) is 17.4 Å². The Morgan fingerprint density at radius 3 is 2.25 bits per heavy atom. The van der Waals surface area contributed by atoms with Crippen LogP contribution in [0.15, 0.2) is 0 Å². The summed E-state index contributed by atoms with van der Waals surface area (Å²) in [6.07, 6.45) is 0.902. The number of hydrogen-bond acceptors (Lipinski definition) is 2. The van der Waals surface area contributed by atoms with Gasteiger partial charge >= 0.3 is 5.97 Å². The highest BCUT2D eigenvalue weighted by molar-refractivity contribution is 5.75. The zero-order chi connectivity index (χ0) is 5.70. The van der Waals surface area contributed by atoms with Crippen molar-refractivity contribution < 1.29 is 9.53 Å². The van der Waals surface area contributed by atoms with Crippen LogP contribution in [0.4, 0.5) is 0 Å². The summed E-state index contributed by atoms with van der Waals surface area (Å²) in [5, 5.41) is 0. The minimum absolute atomic E-state index is 0. The summed E-state index contributed by atoms with van der Waals surface area (Å²) >= 11 is 0. The minimum atomic E-state index is -0.193. The molecule has 0 radical (unpaired) electrons. The summed E-state index contributed by atoms with van der Waals surface area (Å²) in [5.74, 6) is -0.193. The molecule has 0 bridgehead atoms. The maximum absolute atomic E-state index is 9.98. The molecule has 8 heavy (non-hydrogen) atoms. The van der Waals surface area contributed by atoms with Gasteiger partial charge in [0.05, 0.1) is 6.61 Å². The number of ether oxygens (including phenoxy) is 1. The van der Waals surface area contributed by atoms with Gasteiger partial charge in [-0.2, -0.15) is 0 Å². The highest BCUT2D eigenvalue weighted by atomic mass is 27.0. The second kappa shape index (κ2) is 7.00. The second-order valence-corrected chi connectivity index (χ2v) is 1.34. The Labute approximate surface area is 60.3 Å². The zero-order valence-electron chi connectivity index (χ0n) is 4.73. The van der Waals surface area contributed by atoms with E-state index >= 15 is 0 Å². The minimum Gasteiger partial charge on any atom is -0.466 e. The van der Waals surface area contributed by atoms with E-state index in [1.807, 2.05) is 6.92 Å². The molecular weight excluding hydrogens is 119 g/mol. The predicted octanol–water partition coefficient (Wildman–Crippen LogP) is -0.224. The van der Waals surface area contributed by atoms with Crippen LogP contribution in [-0.2, 0) is 9.53 Å². The van der Waals surface area contributed by atoms with E-state index in [9.17, 15) is 4.79 Å². The SMILES string of the molecule is CCCOC(C)=O.[AlH3]. The highest BCUT2D eigenvalue weighted by Crippen LogP contribution is 1.78. The molecule has 0 aromatic rings. The van der Waals surface area contributed by atoms with Crippen LogP contribution in [0.5, 0.6) is 0 Å². The number of hydrogen-bond donors (Lipinski definition) is 0. The van der Waals surface area contributed by atoms with Crippen LogP contribution in [0.25, 0.3) is 0 Å². The molecule has 0 fully saturated rings. The van der Waals surface area contributed by atoms with Gasteiger partial charge in [-0.25, -0.2) is 0 Å². The molecule has 48 valence electrons. The fourth-order valence-corrected chi connectivity index (χ4v) is 0.246. The van der Waals surface area contributed by atoms with Crippen molar-refractivity contribution in [3.63, 3.8) is 0 Å². The van der Waals surface area contributed by atoms with Crippen molar-refractivity contribution in [3.8, 4) is 0 Å². The first kappa shape index (κ1) is 10.9. The average Bonchev–Trinajstić information content (AvgIpc) is 1.61. The highest BCUT2D eigenvalue weighted by Gasteiger charge is 1.85. The summed E-state index contributed by atoms with van der Waals surface area (Å²) in [5.41, 5.74) is 0. The molecule has 0 N–H and O–H groups in total. The standard InChI is InChI=1S/C5H10O2.Al.3H/c1-3-4-7-5(2)6;;;;/h3-4H2,1-2H3;;;;. The molecule has 0 unspecified atom stereocenters. The summed E-state index contributed by atoms with van der Waals surface area (Å²) in [6.45, 7) is 3.92. The lowest BCUT2D eigenvalue weighted by Crippen LogP contribution is -1.98. The summed E-state index contributed by atoms with van der Waals surface area (Å²) in [4.78, 5) is 9.98. The van der Waals surface area contributed by atoms with Gasteiger partial charge in [0.25, 0.3) is 0 Å². The monoisotopic (exact) mass is 132 g/mol. The van der Waals surface area contributed by atoms with Crippen LogP contribution >= 0.6 is 0 Å². The molecule has 3 heteroatoms. The van der Waals surface area contributed by atoms with Crippen LogP contribution in [0.2, 0.25) is 0 Å². The molecule has 0 saturated carbocycles. The van der Waals surface area contributed by atoms with Gasteiger partial charge in [-0.15, -0.1) is 0 Å². The second-order valence-electron chi connectivity index (χ2n) is 1.34. The number of rotatable bonds is 2. The fourth-order valence-electron chi connectivity index (χ4n) is 0.246. The fraction of sp³-hybridized carbons (Fsp3) is 0.800. The van der Waals surface area contributed by atoms with Gasteiger partial charge < -0.3 is 4.74 Å². The van der Waals surface area contributed by atoms with Crippen molar-refractivity contribution in [2.75, 3.05) is 6.61 Å². The molecule has 0 amide bonds. The molecule has 0 rings (SSSR count). The van der Waals surface area contributed by atoms with Crippen molar-refractivity contribution in [3.05, 3.63) is 0 Å². The van der Waals surface area contributed by atoms with Crippen molar-refractivity contribution in [2.24, 2.45) is 0 Å². The Morgan fingerprint density at radius 2 is 2.12 bits per heavy atom. The smallest absolute Gasteiger partial charge is 0.302 e. The third-order valence-electron chi connectivity index (χ3n) is 0.509. The van der Waals surface area contributed by atoms with E-state index < -0.39 is 0 Å². The van der Waals surface area contributed by atoms with E-state index in [1.54, 1.807) is 0 Å². The van der Waals surface area contributed by atoms with Crippen molar-refractivity contribution >= 4 is 23.3 Å². The first-order chi connectivity index (χ1) is 3.27. The quantitative estimate of drug-likeness (QED) is 0.383. The largest absolute Gasteiger partial charge is 0.466 e. The van der Waals surface area contributed by atoms with Crippen LogP contribution in [0.1, 0.15) is 20.3 Å². The Balaban J connectivity index is 0. The van der Waals surface area contributed by atoms with Crippen molar-refractivity contribution in [2.45, 2.75) is 20.3 Å². The van der Waals surface area contributed by atoms with E-state index in [1.165, 1.54) is 6.92 Å². The molecule has 0 spiro atoms. The summed E-state index contributed by atoms with van der Waals surface area (Å²) < 4.78 is 4.55. The van der Waals surface area contributed by atoms with E-state index in [2.05, 4.69) is 4.74 Å². The van der Waals surface area contributed by atoms with Crippen LogP contribution in [0, 0.1) is 0 Å². The third-order valence-corrected chi connectivity index (χ3v) is 0.509.